The molecule has 19 heavy (non-hydrogen) atoms. The van der Waals surface area contributed by atoms with Crippen molar-refractivity contribution in [1.29, 1.82) is 0 Å². The highest BCUT2D eigenvalue weighted by molar-refractivity contribution is 7.91. The molecule has 0 aromatic heterocycles. The van der Waals surface area contributed by atoms with E-state index in [1.165, 1.54) is 0 Å². The van der Waals surface area contributed by atoms with E-state index < -0.39 is 9.84 Å². The van der Waals surface area contributed by atoms with Crippen molar-refractivity contribution in [2.45, 2.75) is 12.1 Å². The molecule has 2 aliphatic rings. The average Bonchev–Trinajstić information content (AvgIpc) is 2.66. The lowest BCUT2D eigenvalue weighted by molar-refractivity contribution is 0.600. The van der Waals surface area contributed by atoms with Crippen molar-refractivity contribution in [3.05, 3.63) is 28.2 Å². The number of anilines is 1. The lowest BCUT2D eigenvalue weighted by Gasteiger charge is -2.23. The molecule has 2 fully saturated rings. The zero-order valence-electron chi connectivity index (χ0n) is 9.64. The van der Waals surface area contributed by atoms with E-state index in [1.807, 2.05) is 0 Å². The van der Waals surface area contributed by atoms with Gasteiger partial charge in [0, 0.05) is 15.7 Å². The lowest BCUT2D eigenvalue weighted by atomic mass is 10.1. The Hall–Kier alpha value is -0.560. The third-order valence-corrected chi connectivity index (χ3v) is 5.77. The molecule has 0 saturated carbocycles. The molecule has 0 bridgehead atoms. The van der Waals surface area contributed by atoms with Crippen LogP contribution in [0.4, 0.5) is 5.69 Å². The Balaban J connectivity index is 2.02. The van der Waals surface area contributed by atoms with Crippen LogP contribution >= 0.6 is 35.4 Å². The van der Waals surface area contributed by atoms with Crippen LogP contribution in [0.1, 0.15) is 0 Å². The van der Waals surface area contributed by atoms with Crippen LogP contribution in [0.15, 0.2) is 18.2 Å². The molecule has 2 heterocycles. The molecular weight excluding hydrogens is 327 g/mol. The number of thiocarbonyl (C=S) groups is 1. The summed E-state index contributed by atoms with van der Waals surface area (Å²) in [5.41, 5.74) is 0.722. The summed E-state index contributed by atoms with van der Waals surface area (Å²) in [5.74, 6) is 0.206. The molecule has 0 unspecified atom stereocenters. The van der Waals surface area contributed by atoms with Gasteiger partial charge < -0.3 is 10.2 Å². The first-order valence-electron chi connectivity index (χ1n) is 5.62. The molecule has 8 heteroatoms. The molecule has 102 valence electrons. The van der Waals surface area contributed by atoms with Crippen molar-refractivity contribution >= 4 is 56.1 Å². The zero-order valence-corrected chi connectivity index (χ0v) is 12.8. The minimum atomic E-state index is -3.02. The van der Waals surface area contributed by atoms with Crippen LogP contribution < -0.4 is 10.2 Å². The number of nitrogens with zero attached hydrogens (tertiary/aromatic N) is 1. The molecule has 1 N–H and O–H groups in total. The Kier molecular flexibility index (Phi) is 3.16. The van der Waals surface area contributed by atoms with E-state index in [9.17, 15) is 8.42 Å². The van der Waals surface area contributed by atoms with Gasteiger partial charge in [-0.3, -0.25) is 0 Å². The molecule has 0 amide bonds. The minimum absolute atomic E-state index is 0.0922. The first-order valence-corrected chi connectivity index (χ1v) is 8.60. The molecule has 1 aromatic carbocycles. The number of halogens is 2. The van der Waals surface area contributed by atoms with E-state index in [0.29, 0.717) is 15.2 Å². The molecule has 1 aromatic rings. The number of sulfone groups is 1. The van der Waals surface area contributed by atoms with E-state index in [0.717, 1.165) is 5.69 Å². The Morgan fingerprint density at radius 3 is 2.47 bits per heavy atom. The highest BCUT2D eigenvalue weighted by Gasteiger charge is 2.47. The topological polar surface area (TPSA) is 49.4 Å². The van der Waals surface area contributed by atoms with Gasteiger partial charge in [-0.15, -0.1) is 0 Å². The number of fused-ring (bicyclic) bond motifs is 1. The van der Waals surface area contributed by atoms with Crippen molar-refractivity contribution < 1.29 is 8.42 Å². The summed E-state index contributed by atoms with van der Waals surface area (Å²) in [5, 5.41) is 4.56. The van der Waals surface area contributed by atoms with Gasteiger partial charge in [0.1, 0.15) is 0 Å². The van der Waals surface area contributed by atoms with E-state index in [2.05, 4.69) is 5.32 Å². The summed E-state index contributed by atoms with van der Waals surface area (Å²) in [7, 11) is -3.02. The van der Waals surface area contributed by atoms with Crippen molar-refractivity contribution in [2.75, 3.05) is 16.4 Å². The molecule has 2 saturated heterocycles. The van der Waals surface area contributed by atoms with Crippen LogP contribution in [0.2, 0.25) is 10.0 Å². The molecule has 2 atom stereocenters. The fourth-order valence-corrected chi connectivity index (χ4v) is 5.38. The molecule has 0 radical (unpaired) electrons. The fourth-order valence-electron chi connectivity index (χ4n) is 2.59. The molecular formula is C11H10Cl2N2O2S2. The van der Waals surface area contributed by atoms with Gasteiger partial charge in [-0.1, -0.05) is 23.2 Å². The van der Waals surface area contributed by atoms with E-state index in [4.69, 9.17) is 35.4 Å². The second kappa shape index (κ2) is 4.48. The average molecular weight is 337 g/mol. The Labute approximate surface area is 126 Å². The Morgan fingerprint density at radius 1 is 1.21 bits per heavy atom. The highest BCUT2D eigenvalue weighted by Crippen LogP contribution is 2.33. The monoisotopic (exact) mass is 336 g/mol. The van der Waals surface area contributed by atoms with Gasteiger partial charge in [0.2, 0.25) is 0 Å². The number of rotatable bonds is 1. The fraction of sp³-hybridized carbons (Fsp3) is 0.364. The Bertz CT molecular complexity index is 642. The van der Waals surface area contributed by atoms with E-state index in [-0.39, 0.29) is 23.6 Å². The van der Waals surface area contributed by atoms with Crippen molar-refractivity contribution in [3.63, 3.8) is 0 Å². The van der Waals surface area contributed by atoms with Crippen LogP contribution in [0, 0.1) is 0 Å². The second-order valence-electron chi connectivity index (χ2n) is 4.70. The summed E-state index contributed by atoms with van der Waals surface area (Å²) in [4.78, 5) is 1.79. The standard InChI is InChI=1S/C11H10Cl2N2O2S2/c12-6-1-7(13)3-8(2-6)15-10-5-19(16,17)4-9(10)14-11(15)18/h1-3,9-10H,4-5H2,(H,14,18)/t9-,10-/m1/s1. The van der Waals surface area contributed by atoms with E-state index >= 15 is 0 Å². The number of benzene rings is 1. The van der Waals surface area contributed by atoms with Gasteiger partial charge in [0.25, 0.3) is 0 Å². The van der Waals surface area contributed by atoms with Gasteiger partial charge in [-0.25, -0.2) is 8.42 Å². The van der Waals surface area contributed by atoms with Gasteiger partial charge >= 0.3 is 0 Å². The van der Waals surface area contributed by atoms with Gasteiger partial charge in [-0.05, 0) is 30.4 Å². The zero-order chi connectivity index (χ0) is 13.8. The maximum absolute atomic E-state index is 11.7. The number of hydrogen-bond acceptors (Lipinski definition) is 3. The normalized spacial score (nSPS) is 28.3. The van der Waals surface area contributed by atoms with Crippen LogP contribution in [-0.2, 0) is 9.84 Å². The van der Waals surface area contributed by atoms with Crippen molar-refractivity contribution in [1.82, 2.24) is 5.32 Å². The maximum Gasteiger partial charge on any atom is 0.174 e. The molecule has 3 rings (SSSR count). The van der Waals surface area contributed by atoms with Crippen LogP contribution in [0.5, 0.6) is 0 Å². The van der Waals surface area contributed by atoms with Crippen LogP contribution in [0.3, 0.4) is 0 Å². The molecule has 0 aliphatic carbocycles. The summed E-state index contributed by atoms with van der Waals surface area (Å²) in [6.07, 6.45) is 0. The molecule has 0 spiro atoms. The first-order chi connectivity index (χ1) is 8.85. The highest BCUT2D eigenvalue weighted by atomic mass is 35.5. The SMILES string of the molecule is O=S1(=O)C[C@@H]2[C@@H](C1)NC(=S)N2c1cc(Cl)cc(Cl)c1. The third-order valence-electron chi connectivity index (χ3n) is 3.31. The lowest BCUT2D eigenvalue weighted by Crippen LogP contribution is -2.36. The summed E-state index contributed by atoms with van der Waals surface area (Å²) < 4.78 is 23.4. The quantitative estimate of drug-likeness (QED) is 0.793. The van der Waals surface area contributed by atoms with Gasteiger partial charge in [-0.2, -0.15) is 0 Å². The number of nitrogens with one attached hydrogen (secondary N) is 1. The van der Waals surface area contributed by atoms with Crippen LogP contribution in [-0.4, -0.2) is 37.1 Å². The van der Waals surface area contributed by atoms with Gasteiger partial charge in [0.15, 0.2) is 14.9 Å². The Morgan fingerprint density at radius 2 is 1.84 bits per heavy atom. The molecule has 4 nitrogen and oxygen atoms in total. The predicted octanol–water partition coefficient (Wildman–Crippen LogP) is 1.85. The summed E-state index contributed by atoms with van der Waals surface area (Å²) in [6.45, 7) is 0. The maximum atomic E-state index is 11.7. The largest absolute Gasteiger partial charge is 0.356 e. The second-order valence-corrected chi connectivity index (χ2v) is 8.11. The summed E-state index contributed by atoms with van der Waals surface area (Å²) in [6, 6.07) is 4.74. The van der Waals surface area contributed by atoms with E-state index in [1.54, 1.807) is 23.1 Å². The molecule has 2 aliphatic heterocycles. The predicted molar refractivity (Wildman–Crippen MR) is 80.9 cm³/mol. The smallest absolute Gasteiger partial charge is 0.174 e. The third kappa shape index (κ3) is 2.42. The minimum Gasteiger partial charge on any atom is -0.356 e. The summed E-state index contributed by atoms with van der Waals surface area (Å²) >= 11 is 17.2. The van der Waals surface area contributed by atoms with Gasteiger partial charge in [0.05, 0.1) is 23.6 Å². The van der Waals surface area contributed by atoms with Crippen molar-refractivity contribution in [2.24, 2.45) is 0 Å². The number of hydrogen-bond donors (Lipinski definition) is 1. The van der Waals surface area contributed by atoms with Crippen LogP contribution in [0.25, 0.3) is 0 Å². The first kappa shape index (κ1) is 13.4. The van der Waals surface area contributed by atoms with Crippen molar-refractivity contribution in [3.8, 4) is 0 Å².